The first kappa shape index (κ1) is 19.4. The minimum absolute atomic E-state index is 0.150. The Morgan fingerprint density at radius 3 is 2.55 bits per heavy atom. The Balaban J connectivity index is 2.26. The summed E-state index contributed by atoms with van der Waals surface area (Å²) >= 11 is 0. The number of piperidine rings is 1. The van der Waals surface area contributed by atoms with Crippen molar-refractivity contribution in [2.75, 3.05) is 39.8 Å². The number of unbranched alkanes of at least 4 members (excludes halogenated alkanes) is 1. The molecule has 0 radical (unpaired) electrons. The topological polar surface area (TPSA) is 53.0 Å². The predicted molar refractivity (Wildman–Crippen MR) is 88.8 cm³/mol. The Labute approximate surface area is 135 Å². The fourth-order valence-corrected chi connectivity index (χ4v) is 2.83. The molecule has 1 fully saturated rings. The standard InChI is InChI=1S/C17H34N2O3/c1-5-6-9-18(4)17(21)15-7-10-19(11-8-15)12-16(20)13-22-14(2)3/h14-16,20H,5-13H2,1-4H3. The van der Waals surface area contributed by atoms with Gasteiger partial charge in [0.25, 0.3) is 0 Å². The first-order valence-corrected chi connectivity index (χ1v) is 8.71. The van der Waals surface area contributed by atoms with Gasteiger partial charge in [0.1, 0.15) is 0 Å². The summed E-state index contributed by atoms with van der Waals surface area (Å²) in [6.45, 7) is 9.74. The van der Waals surface area contributed by atoms with Gasteiger partial charge < -0.3 is 19.6 Å². The van der Waals surface area contributed by atoms with Gasteiger partial charge in [-0.1, -0.05) is 13.3 Å². The molecule has 0 aromatic heterocycles. The van der Waals surface area contributed by atoms with Crippen LogP contribution in [0.2, 0.25) is 0 Å². The lowest BCUT2D eigenvalue weighted by atomic mass is 9.95. The van der Waals surface area contributed by atoms with Crippen LogP contribution in [-0.2, 0) is 9.53 Å². The molecule has 1 N–H and O–H groups in total. The zero-order valence-electron chi connectivity index (χ0n) is 14.8. The second-order valence-corrected chi connectivity index (χ2v) is 6.72. The number of aliphatic hydroxyl groups is 1. The smallest absolute Gasteiger partial charge is 0.225 e. The van der Waals surface area contributed by atoms with Gasteiger partial charge in [-0.25, -0.2) is 0 Å². The van der Waals surface area contributed by atoms with Crippen molar-refractivity contribution >= 4 is 5.91 Å². The van der Waals surface area contributed by atoms with Crippen LogP contribution in [0.3, 0.4) is 0 Å². The highest BCUT2D eigenvalue weighted by Crippen LogP contribution is 2.19. The summed E-state index contributed by atoms with van der Waals surface area (Å²) in [7, 11) is 1.91. The highest BCUT2D eigenvalue weighted by Gasteiger charge is 2.27. The van der Waals surface area contributed by atoms with E-state index >= 15 is 0 Å². The maximum absolute atomic E-state index is 12.3. The fourth-order valence-electron chi connectivity index (χ4n) is 2.83. The van der Waals surface area contributed by atoms with Crippen LogP contribution >= 0.6 is 0 Å². The zero-order chi connectivity index (χ0) is 16.5. The highest BCUT2D eigenvalue weighted by molar-refractivity contribution is 5.78. The number of aliphatic hydroxyl groups excluding tert-OH is 1. The minimum Gasteiger partial charge on any atom is -0.389 e. The van der Waals surface area contributed by atoms with Gasteiger partial charge in [0.15, 0.2) is 0 Å². The van der Waals surface area contributed by atoms with E-state index in [0.717, 1.165) is 45.3 Å². The number of nitrogens with zero attached hydrogens (tertiary/aromatic N) is 2. The van der Waals surface area contributed by atoms with E-state index in [9.17, 15) is 9.90 Å². The van der Waals surface area contributed by atoms with Gasteiger partial charge in [-0.15, -0.1) is 0 Å². The van der Waals surface area contributed by atoms with Crippen LogP contribution < -0.4 is 0 Å². The van der Waals surface area contributed by atoms with Crippen LogP contribution in [-0.4, -0.2) is 72.9 Å². The Bertz CT molecular complexity index is 315. The monoisotopic (exact) mass is 314 g/mol. The molecule has 0 aliphatic carbocycles. The Morgan fingerprint density at radius 1 is 1.36 bits per heavy atom. The number of hydrogen-bond acceptors (Lipinski definition) is 4. The molecule has 5 nitrogen and oxygen atoms in total. The zero-order valence-corrected chi connectivity index (χ0v) is 14.8. The molecule has 0 bridgehead atoms. The number of rotatable bonds is 9. The van der Waals surface area contributed by atoms with E-state index in [1.807, 2.05) is 25.8 Å². The van der Waals surface area contributed by atoms with Crippen molar-refractivity contribution < 1.29 is 14.6 Å². The molecule has 1 rings (SSSR count). The van der Waals surface area contributed by atoms with Crippen LogP contribution in [0, 0.1) is 5.92 Å². The molecule has 1 aliphatic rings. The first-order valence-electron chi connectivity index (χ1n) is 8.71. The van der Waals surface area contributed by atoms with E-state index < -0.39 is 6.10 Å². The van der Waals surface area contributed by atoms with Crippen molar-refractivity contribution in [3.8, 4) is 0 Å². The molecule has 1 atom stereocenters. The Kier molecular flexibility index (Phi) is 8.98. The summed E-state index contributed by atoms with van der Waals surface area (Å²) in [6.07, 6.45) is 3.69. The van der Waals surface area contributed by atoms with Crippen molar-refractivity contribution in [1.29, 1.82) is 0 Å². The summed E-state index contributed by atoms with van der Waals surface area (Å²) in [4.78, 5) is 16.5. The van der Waals surface area contributed by atoms with Gasteiger partial charge in [0.2, 0.25) is 5.91 Å². The van der Waals surface area contributed by atoms with E-state index in [4.69, 9.17) is 4.74 Å². The lowest BCUT2D eigenvalue weighted by Crippen LogP contribution is -2.44. The third kappa shape index (κ3) is 7.07. The lowest BCUT2D eigenvalue weighted by Gasteiger charge is -2.34. The second-order valence-electron chi connectivity index (χ2n) is 6.72. The fraction of sp³-hybridized carbons (Fsp3) is 0.941. The van der Waals surface area contributed by atoms with Gasteiger partial charge >= 0.3 is 0 Å². The van der Waals surface area contributed by atoms with Crippen molar-refractivity contribution in [1.82, 2.24) is 9.80 Å². The molecule has 130 valence electrons. The molecular formula is C17H34N2O3. The molecule has 0 aromatic rings. The first-order chi connectivity index (χ1) is 10.4. The third-order valence-electron chi connectivity index (χ3n) is 4.25. The quantitative estimate of drug-likeness (QED) is 0.704. The van der Waals surface area contributed by atoms with Gasteiger partial charge in [-0.05, 0) is 46.2 Å². The molecule has 1 amide bonds. The second kappa shape index (κ2) is 10.2. The number of amides is 1. The predicted octanol–water partition coefficient (Wildman–Crippen LogP) is 1.74. The van der Waals surface area contributed by atoms with Crippen LogP contribution in [0.25, 0.3) is 0 Å². The summed E-state index contributed by atoms with van der Waals surface area (Å²) < 4.78 is 5.44. The van der Waals surface area contributed by atoms with E-state index in [0.29, 0.717) is 13.2 Å². The summed E-state index contributed by atoms with van der Waals surface area (Å²) in [5.41, 5.74) is 0. The number of hydrogen-bond donors (Lipinski definition) is 1. The molecule has 0 spiro atoms. The normalized spacial score (nSPS) is 18.6. The molecule has 1 unspecified atom stereocenters. The molecule has 1 heterocycles. The van der Waals surface area contributed by atoms with Crippen LogP contribution in [0.1, 0.15) is 46.5 Å². The highest BCUT2D eigenvalue weighted by atomic mass is 16.5. The average Bonchev–Trinajstić information content (AvgIpc) is 2.50. The van der Waals surface area contributed by atoms with E-state index in [2.05, 4.69) is 11.8 Å². The van der Waals surface area contributed by atoms with Crippen LogP contribution in [0.15, 0.2) is 0 Å². The van der Waals surface area contributed by atoms with Crippen LogP contribution in [0.5, 0.6) is 0 Å². The van der Waals surface area contributed by atoms with E-state index in [1.54, 1.807) is 0 Å². The molecule has 22 heavy (non-hydrogen) atoms. The molecule has 0 aromatic carbocycles. The van der Waals surface area contributed by atoms with Crippen molar-refractivity contribution in [3.63, 3.8) is 0 Å². The summed E-state index contributed by atoms with van der Waals surface area (Å²) in [5, 5.41) is 9.97. The van der Waals surface area contributed by atoms with Crippen molar-refractivity contribution in [3.05, 3.63) is 0 Å². The lowest BCUT2D eigenvalue weighted by molar-refractivity contribution is -0.135. The van der Waals surface area contributed by atoms with Crippen molar-refractivity contribution in [2.45, 2.75) is 58.7 Å². The van der Waals surface area contributed by atoms with Crippen LogP contribution in [0.4, 0.5) is 0 Å². The van der Waals surface area contributed by atoms with Crippen molar-refractivity contribution in [2.24, 2.45) is 5.92 Å². The van der Waals surface area contributed by atoms with E-state index in [1.165, 1.54) is 0 Å². The minimum atomic E-state index is -0.443. The molecule has 1 saturated heterocycles. The van der Waals surface area contributed by atoms with Gasteiger partial charge in [-0.3, -0.25) is 4.79 Å². The van der Waals surface area contributed by atoms with Gasteiger partial charge in [0, 0.05) is 26.1 Å². The third-order valence-corrected chi connectivity index (χ3v) is 4.25. The number of ether oxygens (including phenoxy) is 1. The Morgan fingerprint density at radius 2 is 2.00 bits per heavy atom. The largest absolute Gasteiger partial charge is 0.389 e. The average molecular weight is 314 g/mol. The molecule has 1 aliphatic heterocycles. The number of β-amino-alcohol motifs (C(OH)–C–C–N with tert-alkyl or cyclic N) is 1. The SMILES string of the molecule is CCCCN(C)C(=O)C1CCN(CC(O)COC(C)C)CC1. The summed E-state index contributed by atoms with van der Waals surface area (Å²) in [6, 6.07) is 0. The molecule has 5 heteroatoms. The number of carbonyl (C=O) groups is 1. The van der Waals surface area contributed by atoms with E-state index in [-0.39, 0.29) is 17.9 Å². The maximum Gasteiger partial charge on any atom is 0.225 e. The molecular weight excluding hydrogens is 280 g/mol. The van der Waals surface area contributed by atoms with Gasteiger partial charge in [0.05, 0.1) is 18.8 Å². The van der Waals surface area contributed by atoms with Gasteiger partial charge in [-0.2, -0.15) is 0 Å². The molecule has 0 saturated carbocycles. The number of likely N-dealkylation sites (tertiary alicyclic amines) is 1. The summed E-state index contributed by atoms with van der Waals surface area (Å²) in [5.74, 6) is 0.443. The Hall–Kier alpha value is -0.650. The maximum atomic E-state index is 12.3. The number of carbonyl (C=O) groups excluding carboxylic acids is 1.